The van der Waals surface area contributed by atoms with E-state index in [1.165, 1.54) is 0 Å². The normalized spacial score (nSPS) is 11.4. The van der Waals surface area contributed by atoms with E-state index < -0.39 is 0 Å². The van der Waals surface area contributed by atoms with Crippen LogP contribution in [0.15, 0.2) is 146 Å². The lowest BCUT2D eigenvalue weighted by molar-refractivity contribution is 1.07. The van der Waals surface area contributed by atoms with Crippen molar-refractivity contribution in [2.75, 3.05) is 0 Å². The molecular formula is C40H24N6S. The predicted octanol–water partition coefficient (Wildman–Crippen LogP) is 9.91. The Hall–Kier alpha value is -6.18. The van der Waals surface area contributed by atoms with Crippen LogP contribution < -0.4 is 0 Å². The number of fused-ring (bicyclic) bond motifs is 4. The second kappa shape index (κ2) is 11.3. The molecule has 6 nitrogen and oxygen atoms in total. The standard InChI is InChI=1S/C40H24N6S/c1-3-10-25(11-4-1)37-44-38(26-12-5-2-6-13-26)46-39(45-37)29-16-7-14-27(20-29)30-17-8-15-28-21-34(42-23-32(28)30)35-22-36-33(24-43-35)31-18-9-19-41-40(31)47-36/h1-24H. The molecule has 5 heterocycles. The molecule has 0 radical (unpaired) electrons. The maximum absolute atomic E-state index is 4.93. The first-order valence-electron chi connectivity index (χ1n) is 15.3. The number of hydrogen-bond donors (Lipinski definition) is 0. The van der Waals surface area contributed by atoms with Gasteiger partial charge in [-0.05, 0) is 46.8 Å². The molecule has 0 amide bonds. The van der Waals surface area contributed by atoms with Gasteiger partial charge in [0.15, 0.2) is 17.5 Å². The van der Waals surface area contributed by atoms with Gasteiger partial charge < -0.3 is 0 Å². The predicted molar refractivity (Wildman–Crippen MR) is 191 cm³/mol. The summed E-state index contributed by atoms with van der Waals surface area (Å²) in [5.74, 6) is 1.90. The van der Waals surface area contributed by atoms with Crippen molar-refractivity contribution in [3.05, 3.63) is 146 Å². The molecule has 0 atom stereocenters. The van der Waals surface area contributed by atoms with Crippen LogP contribution in [0.3, 0.4) is 0 Å². The molecular weight excluding hydrogens is 597 g/mol. The third kappa shape index (κ3) is 4.99. The van der Waals surface area contributed by atoms with Crippen molar-refractivity contribution in [1.82, 2.24) is 29.9 Å². The zero-order chi connectivity index (χ0) is 31.2. The van der Waals surface area contributed by atoms with Gasteiger partial charge in [-0.15, -0.1) is 11.3 Å². The Morgan fingerprint density at radius 3 is 1.79 bits per heavy atom. The molecule has 7 heteroatoms. The summed E-state index contributed by atoms with van der Waals surface area (Å²) in [6.07, 6.45) is 5.72. The van der Waals surface area contributed by atoms with Crippen molar-refractivity contribution in [1.29, 1.82) is 0 Å². The lowest BCUT2D eigenvalue weighted by atomic mass is 9.97. The van der Waals surface area contributed by atoms with Crippen LogP contribution in [0.2, 0.25) is 0 Å². The van der Waals surface area contributed by atoms with Crippen molar-refractivity contribution in [3.63, 3.8) is 0 Å². The van der Waals surface area contributed by atoms with E-state index in [-0.39, 0.29) is 0 Å². The maximum atomic E-state index is 4.93. The van der Waals surface area contributed by atoms with E-state index in [4.69, 9.17) is 24.9 Å². The fraction of sp³-hybridized carbons (Fsp3) is 0. The van der Waals surface area contributed by atoms with E-state index in [0.717, 1.165) is 70.3 Å². The first-order valence-corrected chi connectivity index (χ1v) is 16.1. The Labute approximate surface area is 274 Å². The monoisotopic (exact) mass is 620 g/mol. The molecule has 0 saturated carbocycles. The van der Waals surface area contributed by atoms with Gasteiger partial charge in [-0.3, -0.25) is 9.97 Å². The minimum absolute atomic E-state index is 0.623. The average molecular weight is 621 g/mol. The van der Waals surface area contributed by atoms with E-state index in [9.17, 15) is 0 Å². The third-order valence-corrected chi connectivity index (χ3v) is 9.37. The summed E-state index contributed by atoms with van der Waals surface area (Å²) in [7, 11) is 0. The van der Waals surface area contributed by atoms with Crippen molar-refractivity contribution < 1.29 is 0 Å². The van der Waals surface area contributed by atoms with E-state index in [1.54, 1.807) is 11.3 Å². The van der Waals surface area contributed by atoms with Crippen LogP contribution >= 0.6 is 11.3 Å². The fourth-order valence-corrected chi connectivity index (χ4v) is 7.02. The number of benzene rings is 4. The molecule has 5 aromatic heterocycles. The molecule has 0 aliphatic rings. The number of hydrogen-bond acceptors (Lipinski definition) is 7. The second-order valence-corrected chi connectivity index (χ2v) is 12.3. The third-order valence-electron chi connectivity index (χ3n) is 8.29. The van der Waals surface area contributed by atoms with Crippen LogP contribution in [-0.4, -0.2) is 29.9 Å². The largest absolute Gasteiger partial charge is 0.254 e. The summed E-state index contributed by atoms with van der Waals surface area (Å²) in [5.41, 5.74) is 6.62. The minimum Gasteiger partial charge on any atom is -0.254 e. The van der Waals surface area contributed by atoms with Crippen molar-refractivity contribution in [2.24, 2.45) is 0 Å². The van der Waals surface area contributed by atoms with Gasteiger partial charge in [0.25, 0.3) is 0 Å². The van der Waals surface area contributed by atoms with Gasteiger partial charge in [0.2, 0.25) is 0 Å². The average Bonchev–Trinajstić information content (AvgIpc) is 3.53. The molecule has 0 saturated heterocycles. The fourth-order valence-electron chi connectivity index (χ4n) is 5.97. The van der Waals surface area contributed by atoms with Crippen LogP contribution in [0.1, 0.15) is 0 Å². The molecule has 4 aromatic carbocycles. The van der Waals surface area contributed by atoms with Crippen molar-refractivity contribution >= 4 is 42.4 Å². The summed E-state index contributed by atoms with van der Waals surface area (Å²) < 4.78 is 1.15. The lowest BCUT2D eigenvalue weighted by Gasteiger charge is -2.11. The zero-order valence-corrected chi connectivity index (χ0v) is 25.8. The molecule has 9 rings (SSSR count). The number of thiophene rings is 1. The highest BCUT2D eigenvalue weighted by Crippen LogP contribution is 2.36. The van der Waals surface area contributed by atoms with Gasteiger partial charge in [-0.2, -0.15) is 0 Å². The Balaban J connectivity index is 1.12. The van der Waals surface area contributed by atoms with Gasteiger partial charge in [-0.25, -0.2) is 19.9 Å². The summed E-state index contributed by atoms with van der Waals surface area (Å²) in [4.78, 5) is 29.9. The SMILES string of the molecule is c1ccc(-c2nc(-c3ccccc3)nc(-c3cccc(-c4cccc5cc(-c6cc7sc8ncccc8c7cn6)ncc45)c3)n2)cc1. The Morgan fingerprint density at radius 1 is 0.426 bits per heavy atom. The van der Waals surface area contributed by atoms with Crippen LogP contribution in [0.4, 0.5) is 0 Å². The van der Waals surface area contributed by atoms with Crippen LogP contribution in [0.5, 0.6) is 0 Å². The second-order valence-electron chi connectivity index (χ2n) is 11.2. The molecule has 0 aliphatic carbocycles. The topological polar surface area (TPSA) is 77.3 Å². The smallest absolute Gasteiger partial charge is 0.164 e. The van der Waals surface area contributed by atoms with Gasteiger partial charge in [0.05, 0.1) is 11.4 Å². The quantitative estimate of drug-likeness (QED) is 0.191. The summed E-state index contributed by atoms with van der Waals surface area (Å²) in [6, 6.07) is 43.1. The molecule has 0 aliphatic heterocycles. The van der Waals surface area contributed by atoms with Crippen LogP contribution in [0, 0.1) is 0 Å². The highest BCUT2D eigenvalue weighted by molar-refractivity contribution is 7.25. The summed E-state index contributed by atoms with van der Waals surface area (Å²) in [6.45, 7) is 0. The van der Waals surface area contributed by atoms with Gasteiger partial charge in [0, 0.05) is 56.1 Å². The van der Waals surface area contributed by atoms with E-state index >= 15 is 0 Å². The highest BCUT2D eigenvalue weighted by Gasteiger charge is 2.15. The van der Waals surface area contributed by atoms with E-state index in [0.29, 0.717) is 17.5 Å². The molecule has 0 unspecified atom stereocenters. The molecule has 220 valence electrons. The van der Waals surface area contributed by atoms with Crippen LogP contribution in [0.25, 0.3) is 87.8 Å². The van der Waals surface area contributed by atoms with E-state index in [1.807, 2.05) is 85.3 Å². The van der Waals surface area contributed by atoms with Crippen molar-refractivity contribution in [2.45, 2.75) is 0 Å². The van der Waals surface area contributed by atoms with Crippen molar-refractivity contribution in [3.8, 4) is 56.7 Å². The summed E-state index contributed by atoms with van der Waals surface area (Å²) >= 11 is 1.68. The molecule has 0 fully saturated rings. The Morgan fingerprint density at radius 2 is 1.04 bits per heavy atom. The minimum atomic E-state index is 0.623. The lowest BCUT2D eigenvalue weighted by Crippen LogP contribution is -2.00. The highest BCUT2D eigenvalue weighted by atomic mass is 32.1. The molecule has 0 N–H and O–H groups in total. The first-order chi connectivity index (χ1) is 23.3. The number of pyridine rings is 3. The molecule has 47 heavy (non-hydrogen) atoms. The zero-order valence-electron chi connectivity index (χ0n) is 24.9. The van der Waals surface area contributed by atoms with Gasteiger partial charge in [0.1, 0.15) is 4.83 Å². The van der Waals surface area contributed by atoms with E-state index in [2.05, 4.69) is 65.6 Å². The molecule has 0 bridgehead atoms. The maximum Gasteiger partial charge on any atom is 0.164 e. The molecule has 9 aromatic rings. The number of nitrogens with zero attached hydrogens (tertiary/aromatic N) is 6. The first kappa shape index (κ1) is 27.2. The van der Waals surface area contributed by atoms with Crippen LogP contribution in [-0.2, 0) is 0 Å². The number of rotatable bonds is 5. The Kier molecular flexibility index (Phi) is 6.54. The van der Waals surface area contributed by atoms with Gasteiger partial charge in [-0.1, -0.05) is 97.1 Å². The number of aromatic nitrogens is 6. The molecule has 0 spiro atoms. The summed E-state index contributed by atoms with van der Waals surface area (Å²) in [5, 5.41) is 4.41. The van der Waals surface area contributed by atoms with Gasteiger partial charge >= 0.3 is 0 Å². The Bertz CT molecular complexity index is 2520.